The minimum Gasteiger partial charge on any atom is -0.469 e. The highest BCUT2D eigenvalue weighted by atomic mass is 16.7. The molecule has 29 heavy (non-hydrogen) atoms. The van der Waals surface area contributed by atoms with Crippen molar-refractivity contribution in [3.8, 4) is 0 Å². The van der Waals surface area contributed by atoms with Crippen molar-refractivity contribution >= 4 is 5.97 Å². The van der Waals surface area contributed by atoms with E-state index in [1.165, 1.54) is 71.3 Å². The molecule has 0 aromatic rings. The third-order valence-electron chi connectivity index (χ3n) is 5.88. The van der Waals surface area contributed by atoms with Crippen LogP contribution in [0.4, 0.5) is 0 Å². The molecule has 0 aromatic heterocycles. The lowest BCUT2D eigenvalue weighted by Crippen LogP contribution is -2.42. The van der Waals surface area contributed by atoms with E-state index in [9.17, 15) is 4.79 Å². The molecule has 0 aliphatic carbocycles. The summed E-state index contributed by atoms with van der Waals surface area (Å²) in [5.41, 5.74) is -0.0183. The number of unbranched alkanes of at least 4 members (excludes halogenated alkanes) is 10. The van der Waals surface area contributed by atoms with E-state index in [2.05, 4.69) is 30.6 Å². The maximum absolute atomic E-state index is 11.1. The van der Waals surface area contributed by atoms with E-state index in [4.69, 9.17) is 9.57 Å². The maximum atomic E-state index is 11.1. The molecular weight excluding hydrogens is 366 g/mol. The molecule has 1 aliphatic rings. The van der Waals surface area contributed by atoms with Gasteiger partial charge in [0.2, 0.25) is 0 Å². The molecule has 1 unspecified atom stereocenters. The summed E-state index contributed by atoms with van der Waals surface area (Å²) in [6.07, 6.45) is 18.1. The zero-order valence-electron chi connectivity index (χ0n) is 19.7. The fraction of sp³-hybridized carbons (Fsp3) is 0.958. The van der Waals surface area contributed by atoms with Crippen LogP contribution in [-0.4, -0.2) is 43.1 Å². The zero-order valence-corrected chi connectivity index (χ0v) is 19.7. The average molecular weight is 414 g/mol. The molecule has 0 bridgehead atoms. The van der Waals surface area contributed by atoms with Crippen LogP contribution >= 0.6 is 0 Å². The first-order chi connectivity index (χ1) is 14.0. The van der Waals surface area contributed by atoms with Gasteiger partial charge >= 0.3 is 5.97 Å². The predicted molar refractivity (Wildman–Crippen MR) is 119 cm³/mol. The number of hydroxylamine groups is 2. The van der Waals surface area contributed by atoms with Gasteiger partial charge in [-0.05, 0) is 33.1 Å². The van der Waals surface area contributed by atoms with E-state index in [0.29, 0.717) is 19.3 Å². The van der Waals surface area contributed by atoms with Crippen molar-refractivity contribution in [1.29, 1.82) is 0 Å². The minimum absolute atomic E-state index is 0.0183. The Balaban J connectivity index is 2.13. The number of ether oxygens (including phenoxy) is 2. The van der Waals surface area contributed by atoms with Crippen LogP contribution in [0.2, 0.25) is 0 Å². The second-order valence-electron chi connectivity index (χ2n) is 9.19. The van der Waals surface area contributed by atoms with Crippen molar-refractivity contribution in [2.24, 2.45) is 0 Å². The molecule has 1 fully saturated rings. The highest BCUT2D eigenvalue weighted by Crippen LogP contribution is 2.26. The van der Waals surface area contributed by atoms with E-state index in [0.717, 1.165) is 32.3 Å². The topological polar surface area (TPSA) is 48.0 Å². The SMILES string of the molecule is CCCCCCC(CCCCCCCCCCC(=O)OC)ON1COCC1(C)C. The first-order valence-electron chi connectivity index (χ1n) is 12.1. The molecule has 5 nitrogen and oxygen atoms in total. The molecule has 1 saturated heterocycles. The Morgan fingerprint density at radius 3 is 2.00 bits per heavy atom. The second-order valence-corrected chi connectivity index (χ2v) is 9.19. The first kappa shape index (κ1) is 26.4. The number of hydrogen-bond acceptors (Lipinski definition) is 5. The number of nitrogens with zero attached hydrogens (tertiary/aromatic N) is 1. The van der Waals surface area contributed by atoms with Crippen LogP contribution in [0.5, 0.6) is 0 Å². The van der Waals surface area contributed by atoms with Crippen molar-refractivity contribution in [2.45, 2.75) is 129 Å². The maximum Gasteiger partial charge on any atom is 0.305 e. The summed E-state index contributed by atoms with van der Waals surface area (Å²) in [7, 11) is 1.46. The van der Waals surface area contributed by atoms with E-state index in [1.807, 2.05) is 0 Å². The Kier molecular flexibility index (Phi) is 14.6. The summed E-state index contributed by atoms with van der Waals surface area (Å²) in [6.45, 7) is 7.99. The standard InChI is InChI=1S/C24H47NO4/c1-5-6-7-14-17-22(29-25-21-28-20-24(25,2)3)18-15-12-10-8-9-11-13-16-19-23(26)27-4/h22H,5-21H2,1-4H3. The van der Waals surface area contributed by atoms with Crippen LogP contribution in [0, 0.1) is 0 Å². The fourth-order valence-corrected chi connectivity index (χ4v) is 3.83. The van der Waals surface area contributed by atoms with Gasteiger partial charge in [0.15, 0.2) is 0 Å². The van der Waals surface area contributed by atoms with Gasteiger partial charge in [0, 0.05) is 6.42 Å². The molecule has 1 atom stereocenters. The van der Waals surface area contributed by atoms with Gasteiger partial charge in [-0.3, -0.25) is 9.63 Å². The van der Waals surface area contributed by atoms with E-state index < -0.39 is 0 Å². The summed E-state index contributed by atoms with van der Waals surface area (Å²) >= 11 is 0. The lowest BCUT2D eigenvalue weighted by molar-refractivity contribution is -0.238. The van der Waals surface area contributed by atoms with E-state index in [-0.39, 0.29) is 11.5 Å². The van der Waals surface area contributed by atoms with Crippen LogP contribution < -0.4 is 0 Å². The first-order valence-corrected chi connectivity index (χ1v) is 12.1. The van der Waals surface area contributed by atoms with Crippen LogP contribution in [-0.2, 0) is 19.1 Å². The molecule has 5 heteroatoms. The van der Waals surface area contributed by atoms with E-state index >= 15 is 0 Å². The van der Waals surface area contributed by atoms with E-state index in [1.54, 1.807) is 0 Å². The van der Waals surface area contributed by atoms with Crippen molar-refractivity contribution in [3.05, 3.63) is 0 Å². The number of hydrogen-bond donors (Lipinski definition) is 0. The summed E-state index contributed by atoms with van der Waals surface area (Å²) in [4.78, 5) is 17.5. The third-order valence-corrected chi connectivity index (χ3v) is 5.88. The zero-order chi connectivity index (χ0) is 21.4. The molecule has 0 aromatic carbocycles. The predicted octanol–water partition coefficient (Wildman–Crippen LogP) is 6.40. The Bertz CT molecular complexity index is 414. The lowest BCUT2D eigenvalue weighted by Gasteiger charge is -2.32. The molecule has 1 aliphatic heterocycles. The molecule has 172 valence electrons. The van der Waals surface area contributed by atoms with Gasteiger partial charge < -0.3 is 9.47 Å². The highest BCUT2D eigenvalue weighted by molar-refractivity contribution is 5.68. The van der Waals surface area contributed by atoms with Crippen molar-refractivity contribution in [1.82, 2.24) is 5.06 Å². The summed E-state index contributed by atoms with van der Waals surface area (Å²) in [5.74, 6) is -0.0830. The summed E-state index contributed by atoms with van der Waals surface area (Å²) < 4.78 is 10.3. The monoisotopic (exact) mass is 413 g/mol. The Labute approximate surface area is 179 Å². The van der Waals surface area contributed by atoms with Gasteiger partial charge in [0.25, 0.3) is 0 Å². The molecule has 0 radical (unpaired) electrons. The smallest absolute Gasteiger partial charge is 0.305 e. The number of carbonyl (C=O) groups is 1. The molecular formula is C24H47NO4. The van der Waals surface area contributed by atoms with Gasteiger partial charge in [0.1, 0.15) is 6.73 Å². The highest BCUT2D eigenvalue weighted by Gasteiger charge is 2.35. The molecule has 0 saturated carbocycles. The number of esters is 1. The quantitative estimate of drug-likeness (QED) is 0.192. The molecule has 1 heterocycles. The van der Waals surface area contributed by atoms with Gasteiger partial charge in [-0.15, -0.1) is 0 Å². The minimum atomic E-state index is -0.0830. The van der Waals surface area contributed by atoms with Gasteiger partial charge in [-0.2, -0.15) is 5.06 Å². The van der Waals surface area contributed by atoms with Crippen LogP contribution in [0.15, 0.2) is 0 Å². The Morgan fingerprint density at radius 2 is 1.48 bits per heavy atom. The largest absolute Gasteiger partial charge is 0.469 e. The normalized spacial score (nSPS) is 17.5. The van der Waals surface area contributed by atoms with Crippen LogP contribution in [0.1, 0.15) is 117 Å². The van der Waals surface area contributed by atoms with Gasteiger partial charge in [-0.1, -0.05) is 77.6 Å². The number of rotatable bonds is 18. The van der Waals surface area contributed by atoms with Gasteiger partial charge in [0.05, 0.1) is 25.4 Å². The summed E-state index contributed by atoms with van der Waals surface area (Å²) in [6, 6.07) is 0. The van der Waals surface area contributed by atoms with Crippen molar-refractivity contribution in [3.63, 3.8) is 0 Å². The summed E-state index contributed by atoms with van der Waals surface area (Å²) in [5, 5.41) is 2.06. The van der Waals surface area contributed by atoms with Gasteiger partial charge in [-0.25, -0.2) is 0 Å². The molecule has 0 spiro atoms. The fourth-order valence-electron chi connectivity index (χ4n) is 3.83. The van der Waals surface area contributed by atoms with Crippen LogP contribution in [0.25, 0.3) is 0 Å². The van der Waals surface area contributed by atoms with Crippen LogP contribution in [0.3, 0.4) is 0 Å². The third kappa shape index (κ3) is 12.6. The molecule has 0 amide bonds. The lowest BCUT2D eigenvalue weighted by atomic mass is 10.0. The van der Waals surface area contributed by atoms with Crippen molar-refractivity contribution in [2.75, 3.05) is 20.4 Å². The number of carbonyl (C=O) groups excluding carboxylic acids is 1. The molecule has 0 N–H and O–H groups in total. The molecule has 1 rings (SSSR count). The Morgan fingerprint density at radius 1 is 0.931 bits per heavy atom. The second kappa shape index (κ2) is 16.1. The average Bonchev–Trinajstić information content (AvgIpc) is 3.03. The van der Waals surface area contributed by atoms with Crippen molar-refractivity contribution < 1.29 is 19.1 Å². The number of methoxy groups -OCH3 is 1. The Hall–Kier alpha value is -0.650.